The molecule has 0 radical (unpaired) electrons. The van der Waals surface area contributed by atoms with Gasteiger partial charge in [0.1, 0.15) is 24.0 Å². The van der Waals surface area contributed by atoms with Crippen LogP contribution in [0.4, 0.5) is 0 Å². The van der Waals surface area contributed by atoms with Crippen LogP contribution >= 0.6 is 11.6 Å². The third-order valence-corrected chi connectivity index (χ3v) is 7.34. The molecule has 6 rings (SSSR count). The summed E-state index contributed by atoms with van der Waals surface area (Å²) in [7, 11) is 0. The minimum absolute atomic E-state index is 0.0882. The number of hydrogen-bond acceptors (Lipinski definition) is 6. The summed E-state index contributed by atoms with van der Waals surface area (Å²) in [4.78, 5) is 9.13. The average molecular weight is 440 g/mol. The zero-order valence-corrected chi connectivity index (χ0v) is 18.1. The van der Waals surface area contributed by atoms with Gasteiger partial charge in [-0.2, -0.15) is 0 Å². The summed E-state index contributed by atoms with van der Waals surface area (Å²) in [6.45, 7) is 1.31. The minimum atomic E-state index is -0.550. The van der Waals surface area contributed by atoms with E-state index in [1.165, 1.54) is 12.8 Å². The van der Waals surface area contributed by atoms with Crippen molar-refractivity contribution in [2.24, 2.45) is 22.6 Å². The number of aliphatic imine (C=N–C) groups is 1. The first kappa shape index (κ1) is 19.4. The molecule has 3 heterocycles. The van der Waals surface area contributed by atoms with Gasteiger partial charge in [0.25, 0.3) is 6.02 Å². The van der Waals surface area contributed by atoms with Gasteiger partial charge >= 0.3 is 0 Å². The van der Waals surface area contributed by atoms with Gasteiger partial charge < -0.3 is 19.9 Å². The number of pyridine rings is 1. The molecule has 162 valence electrons. The molecule has 7 heteroatoms. The maximum Gasteiger partial charge on any atom is 0.283 e. The lowest BCUT2D eigenvalue weighted by atomic mass is 9.67. The molecule has 6 nitrogen and oxygen atoms in total. The van der Waals surface area contributed by atoms with Crippen molar-refractivity contribution in [1.82, 2.24) is 4.98 Å². The largest absolute Gasteiger partial charge is 0.490 e. The van der Waals surface area contributed by atoms with Gasteiger partial charge in [-0.25, -0.2) is 4.99 Å². The Bertz CT molecular complexity index is 1040. The SMILES string of the molecule is NC1=N[C@@]2(CO1)c1cc(-c3cncc(Cl)c3)ccc1OC1CC[C@H](OCC3CC3)C[C@@H]12. The van der Waals surface area contributed by atoms with Crippen LogP contribution in [-0.2, 0) is 15.0 Å². The second kappa shape index (κ2) is 7.38. The number of halogens is 1. The van der Waals surface area contributed by atoms with E-state index in [0.29, 0.717) is 11.6 Å². The molecule has 4 atom stereocenters. The van der Waals surface area contributed by atoms with Gasteiger partial charge in [-0.15, -0.1) is 0 Å². The molecule has 1 aromatic carbocycles. The molecule has 1 spiro atoms. The van der Waals surface area contributed by atoms with Gasteiger partial charge in [0.05, 0.1) is 11.1 Å². The topological polar surface area (TPSA) is 79.0 Å². The Labute approximate surface area is 186 Å². The highest BCUT2D eigenvalue weighted by atomic mass is 35.5. The van der Waals surface area contributed by atoms with Gasteiger partial charge in [-0.1, -0.05) is 17.7 Å². The number of rotatable bonds is 4. The van der Waals surface area contributed by atoms with E-state index < -0.39 is 5.54 Å². The highest BCUT2D eigenvalue weighted by Crippen LogP contribution is 2.53. The van der Waals surface area contributed by atoms with E-state index >= 15 is 0 Å². The molecule has 31 heavy (non-hydrogen) atoms. The summed E-state index contributed by atoms with van der Waals surface area (Å²) in [5.41, 5.74) is 8.51. The third kappa shape index (κ3) is 3.46. The Morgan fingerprint density at radius 3 is 2.81 bits per heavy atom. The molecular formula is C24H26ClN3O3. The predicted molar refractivity (Wildman–Crippen MR) is 118 cm³/mol. The highest BCUT2D eigenvalue weighted by molar-refractivity contribution is 6.30. The van der Waals surface area contributed by atoms with Crippen molar-refractivity contribution in [1.29, 1.82) is 0 Å². The van der Waals surface area contributed by atoms with Gasteiger partial charge in [0.15, 0.2) is 0 Å². The standard InChI is InChI=1S/C24H26ClN3O3/c25-17-7-16(10-27-11-17)15-3-5-21-19(8-15)24(13-30-23(26)28-24)20-9-18(4-6-22(20)31-21)29-12-14-1-2-14/h3,5,7-8,10-11,14,18,20,22H,1-2,4,6,9,12-13H2,(H2,26,28)/t18-,20-,22?,24-/m0/s1. The van der Waals surface area contributed by atoms with E-state index in [0.717, 1.165) is 54.2 Å². The lowest BCUT2D eigenvalue weighted by Crippen LogP contribution is -2.52. The van der Waals surface area contributed by atoms with Crippen molar-refractivity contribution in [3.8, 4) is 16.9 Å². The monoisotopic (exact) mass is 439 g/mol. The van der Waals surface area contributed by atoms with Crippen molar-refractivity contribution in [2.75, 3.05) is 13.2 Å². The molecule has 0 bridgehead atoms. The van der Waals surface area contributed by atoms with Gasteiger partial charge in [-0.05, 0) is 61.8 Å². The number of fused-ring (bicyclic) bond motifs is 4. The summed E-state index contributed by atoms with van der Waals surface area (Å²) >= 11 is 6.18. The van der Waals surface area contributed by atoms with Crippen LogP contribution in [0.15, 0.2) is 41.7 Å². The molecule has 2 aliphatic carbocycles. The highest BCUT2D eigenvalue weighted by Gasteiger charge is 2.55. The first-order valence-electron chi connectivity index (χ1n) is 11.1. The molecule has 0 amide bonds. The van der Waals surface area contributed by atoms with E-state index in [9.17, 15) is 0 Å². The summed E-state index contributed by atoms with van der Waals surface area (Å²) in [5.74, 6) is 1.78. The number of amidine groups is 1. The maximum atomic E-state index is 6.50. The molecule has 2 aromatic rings. The van der Waals surface area contributed by atoms with Gasteiger partial charge in [0, 0.05) is 36.0 Å². The molecule has 1 unspecified atom stereocenters. The van der Waals surface area contributed by atoms with E-state index in [1.54, 1.807) is 6.20 Å². The van der Waals surface area contributed by atoms with Crippen LogP contribution < -0.4 is 10.5 Å². The molecular weight excluding hydrogens is 414 g/mol. The fourth-order valence-corrected chi connectivity index (χ4v) is 5.49. The van der Waals surface area contributed by atoms with Crippen molar-refractivity contribution in [3.05, 3.63) is 47.2 Å². The summed E-state index contributed by atoms with van der Waals surface area (Å²) in [6, 6.07) is 8.39. The number of ether oxygens (including phenoxy) is 3. The predicted octanol–water partition coefficient (Wildman–Crippen LogP) is 4.30. The van der Waals surface area contributed by atoms with Crippen molar-refractivity contribution < 1.29 is 14.2 Å². The van der Waals surface area contributed by atoms with Crippen molar-refractivity contribution in [3.63, 3.8) is 0 Å². The first-order valence-corrected chi connectivity index (χ1v) is 11.5. The second-order valence-corrected chi connectivity index (χ2v) is 9.68. The molecule has 2 saturated carbocycles. The number of hydrogen-bond donors (Lipinski definition) is 1. The molecule has 0 saturated heterocycles. The summed E-state index contributed by atoms with van der Waals surface area (Å²) < 4.78 is 18.5. The van der Waals surface area contributed by atoms with E-state index in [4.69, 9.17) is 36.5 Å². The smallest absolute Gasteiger partial charge is 0.283 e. The van der Waals surface area contributed by atoms with Gasteiger partial charge in [0.2, 0.25) is 0 Å². The summed E-state index contributed by atoms with van der Waals surface area (Å²) in [6.07, 6.45) is 9.26. The third-order valence-electron chi connectivity index (χ3n) is 7.13. The average Bonchev–Trinajstić information content (AvgIpc) is 3.53. The molecule has 2 aliphatic heterocycles. The van der Waals surface area contributed by atoms with Crippen LogP contribution in [0, 0.1) is 11.8 Å². The fourth-order valence-electron chi connectivity index (χ4n) is 5.31. The van der Waals surface area contributed by atoms with E-state index in [1.807, 2.05) is 24.4 Å². The van der Waals surface area contributed by atoms with Crippen molar-refractivity contribution >= 4 is 17.6 Å². The van der Waals surface area contributed by atoms with Crippen LogP contribution in [0.2, 0.25) is 5.02 Å². The molecule has 2 N–H and O–H groups in total. The quantitative estimate of drug-likeness (QED) is 0.768. The Morgan fingerprint density at radius 2 is 2.03 bits per heavy atom. The van der Waals surface area contributed by atoms with Crippen LogP contribution in [0.1, 0.15) is 37.7 Å². The minimum Gasteiger partial charge on any atom is -0.490 e. The fraction of sp³-hybridized carbons (Fsp3) is 0.500. The molecule has 1 aromatic heterocycles. The Kier molecular flexibility index (Phi) is 4.62. The molecule has 2 fully saturated rings. The maximum absolute atomic E-state index is 6.50. The second-order valence-electron chi connectivity index (χ2n) is 9.24. The van der Waals surface area contributed by atoms with Crippen LogP contribution in [0.5, 0.6) is 5.75 Å². The Hall–Kier alpha value is -2.31. The van der Waals surface area contributed by atoms with Crippen LogP contribution in [-0.4, -0.2) is 36.4 Å². The van der Waals surface area contributed by atoms with Crippen LogP contribution in [0.25, 0.3) is 11.1 Å². The zero-order chi connectivity index (χ0) is 21.0. The first-order chi connectivity index (χ1) is 15.1. The number of nitrogens with two attached hydrogens (primary N) is 1. The van der Waals surface area contributed by atoms with Crippen molar-refractivity contribution in [2.45, 2.75) is 49.9 Å². The normalized spacial score (nSPS) is 31.4. The number of benzene rings is 1. The zero-order valence-electron chi connectivity index (χ0n) is 17.3. The van der Waals surface area contributed by atoms with Gasteiger partial charge in [-0.3, -0.25) is 4.98 Å². The lowest BCUT2D eigenvalue weighted by molar-refractivity contribution is -0.0643. The molecule has 4 aliphatic rings. The van der Waals surface area contributed by atoms with E-state index in [-0.39, 0.29) is 24.1 Å². The Morgan fingerprint density at radius 1 is 1.13 bits per heavy atom. The van der Waals surface area contributed by atoms with E-state index in [2.05, 4.69) is 11.1 Å². The van der Waals surface area contributed by atoms with Crippen LogP contribution in [0.3, 0.4) is 0 Å². The Balaban J connectivity index is 1.38. The number of aromatic nitrogens is 1. The number of nitrogens with zero attached hydrogens (tertiary/aromatic N) is 2. The lowest BCUT2D eigenvalue weighted by Gasteiger charge is -2.48. The summed E-state index contributed by atoms with van der Waals surface area (Å²) in [5, 5.41) is 0.607.